The number of nitrogens with zero attached hydrogens (tertiary/aromatic N) is 2. The highest BCUT2D eigenvalue weighted by Crippen LogP contribution is 2.43. The molecule has 2 aliphatic rings. The number of rotatable bonds is 6. The van der Waals surface area contributed by atoms with Crippen LogP contribution in [-0.4, -0.2) is 15.7 Å². The molecule has 1 aromatic carbocycles. The first kappa shape index (κ1) is 16.3. The molecule has 0 bridgehead atoms. The fraction of sp³-hybridized carbons (Fsp3) is 0.500. The summed E-state index contributed by atoms with van der Waals surface area (Å²) in [5, 5.41) is 7.74. The monoisotopic (exact) mass is 341 g/mol. The van der Waals surface area contributed by atoms with Crippen LogP contribution in [0.3, 0.4) is 0 Å². The molecule has 2 aromatic rings. The van der Waals surface area contributed by atoms with Gasteiger partial charge in [-0.3, -0.25) is 9.48 Å². The van der Waals surface area contributed by atoms with Crippen molar-refractivity contribution in [3.8, 4) is 0 Å². The molecular formula is C20H24FN3O. The van der Waals surface area contributed by atoms with Gasteiger partial charge in [-0.1, -0.05) is 25.0 Å². The summed E-state index contributed by atoms with van der Waals surface area (Å²) in [6, 6.07) is 8.78. The molecule has 1 N–H and O–H groups in total. The van der Waals surface area contributed by atoms with Crippen LogP contribution in [0.2, 0.25) is 0 Å². The summed E-state index contributed by atoms with van der Waals surface area (Å²) >= 11 is 0. The smallest absolute Gasteiger partial charge is 0.224 e. The average Bonchev–Trinajstić information content (AvgIpc) is 3.14. The van der Waals surface area contributed by atoms with Crippen molar-refractivity contribution in [2.24, 2.45) is 0 Å². The van der Waals surface area contributed by atoms with E-state index in [1.165, 1.54) is 56.4 Å². The zero-order valence-corrected chi connectivity index (χ0v) is 14.4. The quantitative estimate of drug-likeness (QED) is 0.867. The van der Waals surface area contributed by atoms with E-state index in [-0.39, 0.29) is 18.1 Å². The van der Waals surface area contributed by atoms with Gasteiger partial charge >= 0.3 is 0 Å². The van der Waals surface area contributed by atoms with E-state index in [0.717, 1.165) is 11.3 Å². The Morgan fingerprint density at radius 1 is 1.16 bits per heavy atom. The molecular weight excluding hydrogens is 317 g/mol. The topological polar surface area (TPSA) is 46.9 Å². The molecule has 4 rings (SSSR count). The summed E-state index contributed by atoms with van der Waals surface area (Å²) in [6.45, 7) is 0.458. The number of benzene rings is 1. The van der Waals surface area contributed by atoms with E-state index >= 15 is 0 Å². The fourth-order valence-electron chi connectivity index (χ4n) is 3.71. The van der Waals surface area contributed by atoms with Gasteiger partial charge in [0.1, 0.15) is 5.82 Å². The second-order valence-electron chi connectivity index (χ2n) is 7.30. The lowest BCUT2D eigenvalue weighted by Crippen LogP contribution is -2.25. The number of halogens is 1. The van der Waals surface area contributed by atoms with Gasteiger partial charge < -0.3 is 5.32 Å². The number of aromatic nitrogens is 2. The van der Waals surface area contributed by atoms with E-state index < -0.39 is 0 Å². The molecule has 0 aliphatic heterocycles. The Morgan fingerprint density at radius 3 is 2.56 bits per heavy atom. The zero-order valence-electron chi connectivity index (χ0n) is 14.4. The van der Waals surface area contributed by atoms with Crippen molar-refractivity contribution in [2.75, 3.05) is 0 Å². The highest BCUT2D eigenvalue weighted by atomic mass is 19.1. The number of carbonyl (C=O) groups is 1. The lowest BCUT2D eigenvalue weighted by Gasteiger charge is -2.13. The van der Waals surface area contributed by atoms with Crippen LogP contribution in [0.5, 0.6) is 0 Å². The van der Waals surface area contributed by atoms with Crippen molar-refractivity contribution >= 4 is 5.91 Å². The van der Waals surface area contributed by atoms with Crippen LogP contribution in [0.15, 0.2) is 30.3 Å². The molecule has 0 unspecified atom stereocenters. The van der Waals surface area contributed by atoms with Gasteiger partial charge in [0.2, 0.25) is 5.91 Å². The van der Waals surface area contributed by atoms with Crippen LogP contribution < -0.4 is 5.32 Å². The standard InChI is InChI=1S/C20H24FN3O/c21-16-9-5-14(6-10-16)11-20(25)22-13-17-12-19(15-7-8-15)24(23-17)18-3-1-2-4-18/h5-6,9-10,12,15,18H,1-4,7-8,11,13H2,(H,22,25). The first-order valence-corrected chi connectivity index (χ1v) is 9.28. The van der Waals surface area contributed by atoms with E-state index in [2.05, 4.69) is 16.1 Å². The highest BCUT2D eigenvalue weighted by molar-refractivity contribution is 5.78. The molecule has 5 heteroatoms. The lowest BCUT2D eigenvalue weighted by atomic mass is 10.1. The third kappa shape index (κ3) is 3.91. The number of nitrogens with one attached hydrogen (secondary N) is 1. The summed E-state index contributed by atoms with van der Waals surface area (Å²) < 4.78 is 15.2. The van der Waals surface area contributed by atoms with Crippen molar-refractivity contribution in [2.45, 2.75) is 63.5 Å². The predicted molar refractivity (Wildman–Crippen MR) is 93.7 cm³/mol. The molecule has 2 fully saturated rings. The minimum absolute atomic E-state index is 0.0602. The maximum atomic E-state index is 12.9. The van der Waals surface area contributed by atoms with E-state index in [9.17, 15) is 9.18 Å². The molecule has 1 heterocycles. The Morgan fingerprint density at radius 2 is 1.88 bits per heavy atom. The van der Waals surface area contributed by atoms with Crippen molar-refractivity contribution < 1.29 is 9.18 Å². The molecule has 25 heavy (non-hydrogen) atoms. The Labute approximate surface area is 147 Å². The van der Waals surface area contributed by atoms with Gasteiger partial charge in [0.15, 0.2) is 0 Å². The molecule has 4 nitrogen and oxygen atoms in total. The third-order valence-corrected chi connectivity index (χ3v) is 5.23. The second-order valence-corrected chi connectivity index (χ2v) is 7.30. The highest BCUT2D eigenvalue weighted by Gasteiger charge is 2.31. The largest absolute Gasteiger partial charge is 0.350 e. The molecule has 132 valence electrons. The van der Waals surface area contributed by atoms with Gasteiger partial charge in [-0.15, -0.1) is 0 Å². The van der Waals surface area contributed by atoms with Crippen molar-refractivity contribution in [3.63, 3.8) is 0 Å². The van der Waals surface area contributed by atoms with Gasteiger partial charge in [-0.25, -0.2) is 4.39 Å². The SMILES string of the molecule is O=C(Cc1ccc(F)cc1)NCc1cc(C2CC2)n(C2CCCC2)n1. The van der Waals surface area contributed by atoms with Crippen molar-refractivity contribution in [1.29, 1.82) is 0 Å². The first-order chi connectivity index (χ1) is 12.2. The van der Waals surface area contributed by atoms with Gasteiger partial charge in [-0.2, -0.15) is 5.10 Å². The Hall–Kier alpha value is -2.17. The van der Waals surface area contributed by atoms with Crippen LogP contribution >= 0.6 is 0 Å². The third-order valence-electron chi connectivity index (χ3n) is 5.23. The summed E-state index contributed by atoms with van der Waals surface area (Å²) in [6.07, 6.45) is 7.80. The van der Waals surface area contributed by atoms with Crippen molar-refractivity contribution in [1.82, 2.24) is 15.1 Å². The molecule has 0 spiro atoms. The summed E-state index contributed by atoms with van der Waals surface area (Å²) in [4.78, 5) is 12.1. The molecule has 2 aliphatic carbocycles. The average molecular weight is 341 g/mol. The molecule has 0 saturated heterocycles. The lowest BCUT2D eigenvalue weighted by molar-refractivity contribution is -0.120. The fourth-order valence-corrected chi connectivity index (χ4v) is 3.71. The molecule has 1 aromatic heterocycles. The van der Waals surface area contributed by atoms with Gasteiger partial charge in [0.05, 0.1) is 24.7 Å². The normalized spacial score (nSPS) is 17.8. The maximum Gasteiger partial charge on any atom is 0.224 e. The van der Waals surface area contributed by atoms with Crippen LogP contribution in [0.25, 0.3) is 0 Å². The number of hydrogen-bond acceptors (Lipinski definition) is 2. The van der Waals surface area contributed by atoms with Crippen LogP contribution in [-0.2, 0) is 17.8 Å². The molecule has 0 atom stereocenters. The van der Waals surface area contributed by atoms with E-state index in [1.807, 2.05) is 0 Å². The van der Waals surface area contributed by atoms with Crippen LogP contribution in [0, 0.1) is 5.82 Å². The van der Waals surface area contributed by atoms with Crippen LogP contribution in [0.4, 0.5) is 4.39 Å². The maximum absolute atomic E-state index is 12.9. The van der Waals surface area contributed by atoms with Gasteiger partial charge in [0.25, 0.3) is 0 Å². The second kappa shape index (κ2) is 6.98. The number of amides is 1. The van der Waals surface area contributed by atoms with Gasteiger partial charge in [-0.05, 0) is 49.4 Å². The molecule has 0 radical (unpaired) electrons. The first-order valence-electron chi connectivity index (χ1n) is 9.28. The minimum atomic E-state index is -0.283. The summed E-state index contributed by atoms with van der Waals surface area (Å²) in [5.41, 5.74) is 3.12. The number of carbonyl (C=O) groups excluding carboxylic acids is 1. The Kier molecular flexibility index (Phi) is 4.55. The predicted octanol–water partition coefficient (Wildman–Crippen LogP) is 3.87. The van der Waals surface area contributed by atoms with Crippen molar-refractivity contribution in [3.05, 3.63) is 53.1 Å². The van der Waals surface area contributed by atoms with E-state index in [4.69, 9.17) is 5.10 Å². The molecule has 2 saturated carbocycles. The minimum Gasteiger partial charge on any atom is -0.350 e. The van der Waals surface area contributed by atoms with Gasteiger partial charge in [0, 0.05) is 11.6 Å². The summed E-state index contributed by atoms with van der Waals surface area (Å²) in [7, 11) is 0. The Bertz CT molecular complexity index is 743. The van der Waals surface area contributed by atoms with E-state index in [1.54, 1.807) is 12.1 Å². The molecule has 1 amide bonds. The number of hydrogen-bond donors (Lipinski definition) is 1. The zero-order chi connectivity index (χ0) is 17.2. The van der Waals surface area contributed by atoms with Crippen LogP contribution in [0.1, 0.15) is 67.4 Å². The Balaban J connectivity index is 1.38. The van der Waals surface area contributed by atoms with E-state index in [0.29, 0.717) is 18.5 Å². The summed E-state index contributed by atoms with van der Waals surface area (Å²) in [5.74, 6) is 0.320.